The van der Waals surface area contributed by atoms with Crippen molar-refractivity contribution in [1.82, 2.24) is 23.9 Å². The third kappa shape index (κ3) is 7.83. The van der Waals surface area contributed by atoms with Crippen LogP contribution >= 0.6 is 0 Å². The second-order valence-electron chi connectivity index (χ2n) is 9.23. The monoisotopic (exact) mass is 569 g/mol. The molecule has 41 heavy (non-hydrogen) atoms. The Morgan fingerprint density at radius 3 is 1.71 bits per heavy atom. The average Bonchev–Trinajstić information content (AvgIpc) is 3.59. The number of amides is 4. The van der Waals surface area contributed by atoms with Gasteiger partial charge in [-0.3, -0.25) is 24.6 Å². The van der Waals surface area contributed by atoms with Crippen LogP contribution < -0.4 is 21.3 Å². The number of carbonyl (C=O) groups is 4. The number of aromatic nitrogens is 3. The van der Waals surface area contributed by atoms with Gasteiger partial charge in [0.05, 0.1) is 36.1 Å². The van der Waals surface area contributed by atoms with Gasteiger partial charge in [-0.05, 0) is 18.2 Å². The summed E-state index contributed by atoms with van der Waals surface area (Å²) in [5.74, 6) is -1.09. The van der Waals surface area contributed by atoms with Gasteiger partial charge in [-0.1, -0.05) is 0 Å². The number of aliphatic hydroxyl groups is 2. The number of rotatable bonds is 14. The van der Waals surface area contributed by atoms with Gasteiger partial charge >= 0.3 is 0 Å². The van der Waals surface area contributed by atoms with E-state index in [1.54, 1.807) is 53.4 Å². The summed E-state index contributed by atoms with van der Waals surface area (Å²) in [7, 11) is 4.98. The van der Waals surface area contributed by atoms with Crippen LogP contribution in [0.4, 0.5) is 17.1 Å². The van der Waals surface area contributed by atoms with Crippen LogP contribution in [-0.2, 0) is 25.9 Å². The Hall–Kier alpha value is -4.89. The molecule has 0 bridgehead atoms. The van der Waals surface area contributed by atoms with Gasteiger partial charge in [0.25, 0.3) is 17.7 Å². The molecule has 220 valence electrons. The second-order valence-corrected chi connectivity index (χ2v) is 9.23. The maximum Gasteiger partial charge on any atom is 0.272 e. The number of anilines is 3. The van der Waals surface area contributed by atoms with Crippen molar-refractivity contribution in [3.05, 3.63) is 53.9 Å². The molecule has 0 saturated heterocycles. The van der Waals surface area contributed by atoms with Crippen LogP contribution in [0.2, 0.25) is 0 Å². The van der Waals surface area contributed by atoms with E-state index in [0.29, 0.717) is 34.9 Å². The first kappa shape index (κ1) is 30.6. The second kappa shape index (κ2) is 14.0. The Morgan fingerprint density at radius 2 is 1.24 bits per heavy atom. The number of nitrogens with one attached hydrogen (secondary N) is 5. The lowest BCUT2D eigenvalue weighted by Gasteiger charge is -2.23. The Bertz CT molecular complexity index is 1410. The van der Waals surface area contributed by atoms with Crippen LogP contribution in [0.1, 0.15) is 37.9 Å². The number of hydrogen-bond donors (Lipinski definition) is 7. The van der Waals surface area contributed by atoms with Crippen molar-refractivity contribution in [1.29, 1.82) is 5.41 Å². The number of aliphatic hydroxyl groups excluding tert-OH is 2. The zero-order valence-electron chi connectivity index (χ0n) is 23.1. The molecule has 0 aliphatic heterocycles. The molecule has 3 heterocycles. The number of nitrogens with zero attached hydrogens (tertiary/aromatic N) is 4. The first-order valence-corrected chi connectivity index (χ1v) is 12.7. The third-order valence-corrected chi connectivity index (χ3v) is 6.22. The van der Waals surface area contributed by atoms with Gasteiger partial charge < -0.3 is 50.1 Å². The third-order valence-electron chi connectivity index (χ3n) is 6.22. The van der Waals surface area contributed by atoms with E-state index in [1.165, 1.54) is 23.1 Å². The van der Waals surface area contributed by atoms with E-state index < -0.39 is 17.7 Å². The number of hydrogen-bond acceptors (Lipinski definition) is 7. The largest absolute Gasteiger partial charge is 0.395 e. The van der Waals surface area contributed by atoms with Crippen LogP contribution in [-0.4, -0.2) is 91.6 Å². The standard InChI is InChI=1S/C26H35N9O6/c1-32-13-17(29-16-38)10-21(32)25(40)31-19-12-22(34(3)15-19)26(41)30-18-11-20(33(2)14-18)24(39)28-5-4-23(27)35(6-8-36)7-9-37/h10-16,27,36-37H,4-9H2,1-3H3,(H,28,39)(H,29,38)(H,30,41)(H,31,40). The zero-order valence-corrected chi connectivity index (χ0v) is 23.1. The predicted octanol–water partition coefficient (Wildman–Crippen LogP) is 0.159. The quantitative estimate of drug-likeness (QED) is 0.0814. The number of amidine groups is 1. The maximum absolute atomic E-state index is 13.0. The van der Waals surface area contributed by atoms with Crippen LogP contribution in [0, 0.1) is 5.41 Å². The molecule has 0 unspecified atom stereocenters. The molecule has 0 aliphatic carbocycles. The fourth-order valence-corrected chi connectivity index (χ4v) is 4.21. The van der Waals surface area contributed by atoms with Crippen LogP contribution in [0.15, 0.2) is 36.8 Å². The van der Waals surface area contributed by atoms with Crippen molar-refractivity contribution in [2.24, 2.45) is 21.1 Å². The minimum Gasteiger partial charge on any atom is -0.395 e. The van der Waals surface area contributed by atoms with Crippen molar-refractivity contribution in [2.45, 2.75) is 6.42 Å². The van der Waals surface area contributed by atoms with Gasteiger partial charge in [-0.15, -0.1) is 0 Å². The van der Waals surface area contributed by atoms with Gasteiger partial charge in [-0.25, -0.2) is 0 Å². The normalized spacial score (nSPS) is 10.7. The van der Waals surface area contributed by atoms with E-state index >= 15 is 0 Å². The zero-order chi connectivity index (χ0) is 30.1. The lowest BCUT2D eigenvalue weighted by atomic mass is 10.3. The van der Waals surface area contributed by atoms with E-state index in [2.05, 4.69) is 21.3 Å². The van der Waals surface area contributed by atoms with Gasteiger partial charge in [0, 0.05) is 65.8 Å². The molecule has 3 aromatic rings. The summed E-state index contributed by atoms with van der Waals surface area (Å²) in [5.41, 5.74) is 2.12. The van der Waals surface area contributed by atoms with Gasteiger partial charge in [0.2, 0.25) is 6.41 Å². The SMILES string of the molecule is Cn1cc(NC(=O)c2cc(NC(=O)c3cc(NC=O)cn3C)cn2C)cc1C(=O)NCCC(=N)N(CCO)CCO. The van der Waals surface area contributed by atoms with Crippen LogP contribution in [0.3, 0.4) is 0 Å². The number of aryl methyl sites for hydroxylation is 3. The fourth-order valence-electron chi connectivity index (χ4n) is 4.21. The van der Waals surface area contributed by atoms with E-state index in [4.69, 9.17) is 15.6 Å². The van der Waals surface area contributed by atoms with Crippen molar-refractivity contribution >= 4 is 47.0 Å². The highest BCUT2D eigenvalue weighted by Crippen LogP contribution is 2.19. The predicted molar refractivity (Wildman–Crippen MR) is 152 cm³/mol. The smallest absolute Gasteiger partial charge is 0.272 e. The molecule has 15 heteroatoms. The highest BCUT2D eigenvalue weighted by atomic mass is 16.3. The Kier molecular flexibility index (Phi) is 10.4. The fraction of sp³-hybridized carbons (Fsp3) is 0.346. The van der Waals surface area contributed by atoms with Crippen molar-refractivity contribution in [3.8, 4) is 0 Å². The molecule has 0 saturated carbocycles. The summed E-state index contributed by atoms with van der Waals surface area (Å²) < 4.78 is 4.68. The van der Waals surface area contributed by atoms with E-state index in [9.17, 15) is 19.2 Å². The average molecular weight is 570 g/mol. The van der Waals surface area contributed by atoms with E-state index in [0.717, 1.165) is 0 Å². The first-order valence-electron chi connectivity index (χ1n) is 12.7. The molecule has 0 atom stereocenters. The molecular formula is C26H35N9O6. The molecule has 0 fully saturated rings. The van der Waals surface area contributed by atoms with Crippen LogP contribution in [0.25, 0.3) is 0 Å². The Morgan fingerprint density at radius 1 is 0.805 bits per heavy atom. The molecule has 3 rings (SSSR count). The minimum atomic E-state index is -0.455. The maximum atomic E-state index is 13.0. The summed E-state index contributed by atoms with van der Waals surface area (Å²) in [6.45, 7) is 0.309. The van der Waals surface area contributed by atoms with Gasteiger partial charge in [-0.2, -0.15) is 0 Å². The highest BCUT2D eigenvalue weighted by molar-refractivity contribution is 6.07. The Balaban J connectivity index is 1.59. The Labute approximate surface area is 236 Å². The molecule has 0 aliphatic rings. The topological polar surface area (TPSA) is 199 Å². The molecule has 15 nitrogen and oxygen atoms in total. The van der Waals surface area contributed by atoms with E-state index in [-0.39, 0.29) is 50.8 Å². The van der Waals surface area contributed by atoms with Gasteiger partial charge in [0.1, 0.15) is 17.1 Å². The summed E-state index contributed by atoms with van der Waals surface area (Å²) in [4.78, 5) is 50.6. The highest BCUT2D eigenvalue weighted by Gasteiger charge is 2.19. The number of carbonyl (C=O) groups excluding carboxylic acids is 4. The summed E-state index contributed by atoms with van der Waals surface area (Å²) in [6.07, 6.45) is 5.51. The van der Waals surface area contributed by atoms with Crippen LogP contribution in [0.5, 0.6) is 0 Å². The molecule has 4 amide bonds. The van der Waals surface area contributed by atoms with Crippen molar-refractivity contribution in [2.75, 3.05) is 48.8 Å². The van der Waals surface area contributed by atoms with Crippen molar-refractivity contribution in [3.63, 3.8) is 0 Å². The van der Waals surface area contributed by atoms with Gasteiger partial charge in [0.15, 0.2) is 0 Å². The first-order chi connectivity index (χ1) is 19.6. The molecule has 3 aromatic heterocycles. The summed E-state index contributed by atoms with van der Waals surface area (Å²) in [6, 6.07) is 4.56. The molecule has 0 spiro atoms. The summed E-state index contributed by atoms with van der Waals surface area (Å²) in [5, 5.41) is 37.0. The molecule has 0 radical (unpaired) electrons. The molecule has 7 N–H and O–H groups in total. The summed E-state index contributed by atoms with van der Waals surface area (Å²) >= 11 is 0. The minimum absolute atomic E-state index is 0.152. The lowest BCUT2D eigenvalue weighted by Crippen LogP contribution is -2.37. The molecule has 0 aromatic carbocycles. The van der Waals surface area contributed by atoms with E-state index in [1.807, 2.05) is 0 Å². The lowest BCUT2D eigenvalue weighted by molar-refractivity contribution is -0.105. The molecular weight excluding hydrogens is 534 g/mol. The van der Waals surface area contributed by atoms with Crippen molar-refractivity contribution < 1.29 is 29.4 Å².